The highest BCUT2D eigenvalue weighted by Gasteiger charge is 2.58. The van der Waals surface area contributed by atoms with Gasteiger partial charge < -0.3 is 4.90 Å². The van der Waals surface area contributed by atoms with E-state index in [-0.39, 0.29) is 11.8 Å². The third-order valence-corrected chi connectivity index (χ3v) is 9.65. The van der Waals surface area contributed by atoms with Crippen LogP contribution in [0.5, 0.6) is 0 Å². The van der Waals surface area contributed by atoms with E-state index in [0.717, 1.165) is 66.9 Å². The Balaban J connectivity index is 0.995. The molecule has 7 heteroatoms. The van der Waals surface area contributed by atoms with E-state index >= 15 is 0 Å². The van der Waals surface area contributed by atoms with E-state index in [4.69, 9.17) is 4.99 Å². The van der Waals surface area contributed by atoms with Crippen LogP contribution < -0.4 is 0 Å². The molecule has 2 amide bonds. The number of aromatic nitrogens is 2. The normalized spacial score (nSPS) is 21.9. The number of aryl methyl sites for hydroxylation is 1. The first-order valence-electron chi connectivity index (χ1n) is 14.9. The number of amidine groups is 1. The molecule has 3 aliphatic carbocycles. The van der Waals surface area contributed by atoms with E-state index in [1.54, 1.807) is 0 Å². The highest BCUT2D eigenvalue weighted by molar-refractivity contribution is 6.17. The maximum atomic E-state index is 13.4. The monoisotopic (exact) mass is 533 g/mol. The fourth-order valence-electron chi connectivity index (χ4n) is 6.48. The molecule has 3 heterocycles. The molecule has 8 rings (SSSR count). The Hall–Kier alpha value is -3.74. The number of hydrogen-bond donors (Lipinski definition) is 0. The predicted octanol–water partition coefficient (Wildman–Crippen LogP) is 5.24. The van der Waals surface area contributed by atoms with Gasteiger partial charge in [0.25, 0.3) is 5.91 Å². The number of carbonyl (C=O) groups excluding carboxylic acids is 2. The third kappa shape index (κ3) is 4.01. The van der Waals surface area contributed by atoms with Crippen molar-refractivity contribution in [1.82, 2.24) is 19.6 Å². The molecule has 40 heavy (non-hydrogen) atoms. The zero-order chi connectivity index (χ0) is 27.0. The molecule has 204 valence electrons. The maximum Gasteiger partial charge on any atom is 0.256 e. The lowest BCUT2D eigenvalue weighted by Gasteiger charge is -2.41. The van der Waals surface area contributed by atoms with Crippen molar-refractivity contribution in [1.29, 1.82) is 0 Å². The Labute approximate surface area is 234 Å². The van der Waals surface area contributed by atoms with Crippen LogP contribution in [-0.2, 0) is 9.59 Å². The standard InChI is InChI=1S/C33H35N5O2/c1-21-15-26(23-5-7-24(8-6-23)27-16-34-38(20-27)28-3-2-4-28)11-12-29(21)30-35-33(13-14-33)32(40)37(30)19-22-17-36(18-22)31(39)25-9-10-25/h5-8,11-12,15-16,20,22,25,28H,2-4,9-10,13-14,17-19H2,1H3. The van der Waals surface area contributed by atoms with E-state index in [1.165, 1.54) is 30.4 Å². The minimum Gasteiger partial charge on any atom is -0.342 e. The highest BCUT2D eigenvalue weighted by Crippen LogP contribution is 2.47. The largest absolute Gasteiger partial charge is 0.342 e. The van der Waals surface area contributed by atoms with Crippen LogP contribution >= 0.6 is 0 Å². The first-order chi connectivity index (χ1) is 19.5. The topological polar surface area (TPSA) is 70.8 Å². The van der Waals surface area contributed by atoms with Gasteiger partial charge in [0.2, 0.25) is 5.91 Å². The summed E-state index contributed by atoms with van der Waals surface area (Å²) in [5.41, 5.74) is 6.29. The van der Waals surface area contributed by atoms with Crippen molar-refractivity contribution in [2.75, 3.05) is 19.6 Å². The zero-order valence-corrected chi connectivity index (χ0v) is 23.1. The molecule has 5 aliphatic rings. The van der Waals surface area contributed by atoms with Crippen molar-refractivity contribution in [3.8, 4) is 22.3 Å². The summed E-state index contributed by atoms with van der Waals surface area (Å²) in [5.74, 6) is 1.85. The lowest BCUT2D eigenvalue weighted by atomic mass is 9.93. The highest BCUT2D eigenvalue weighted by atomic mass is 16.2. The number of amides is 2. The summed E-state index contributed by atoms with van der Waals surface area (Å²) in [6, 6.07) is 15.8. The lowest BCUT2D eigenvalue weighted by molar-refractivity contribution is -0.139. The minimum atomic E-state index is -0.532. The molecule has 0 radical (unpaired) electrons. The van der Waals surface area contributed by atoms with E-state index in [1.807, 2.05) is 16.0 Å². The molecular weight excluding hydrogens is 498 g/mol. The quantitative estimate of drug-likeness (QED) is 0.417. The van der Waals surface area contributed by atoms with E-state index in [9.17, 15) is 9.59 Å². The molecule has 1 spiro atoms. The Kier molecular flexibility index (Phi) is 5.35. The molecule has 2 aliphatic heterocycles. The Bertz CT molecular complexity index is 1530. The molecule has 2 aromatic carbocycles. The second-order valence-corrected chi connectivity index (χ2v) is 12.7. The average molecular weight is 534 g/mol. The summed E-state index contributed by atoms with van der Waals surface area (Å²) >= 11 is 0. The third-order valence-electron chi connectivity index (χ3n) is 9.65. The molecule has 1 aromatic heterocycles. The number of aliphatic imine (C=N–C) groups is 1. The number of benzene rings is 2. The van der Waals surface area contributed by atoms with Crippen LogP contribution in [0, 0.1) is 18.8 Å². The molecule has 0 N–H and O–H groups in total. The molecule has 0 unspecified atom stereocenters. The van der Waals surface area contributed by atoms with Crippen LogP contribution in [0.1, 0.15) is 62.1 Å². The van der Waals surface area contributed by atoms with E-state index in [2.05, 4.69) is 65.4 Å². The molecule has 4 fully saturated rings. The van der Waals surface area contributed by atoms with Crippen LogP contribution in [0.15, 0.2) is 59.9 Å². The fourth-order valence-corrected chi connectivity index (χ4v) is 6.48. The Morgan fingerprint density at radius 1 is 0.950 bits per heavy atom. The molecule has 7 nitrogen and oxygen atoms in total. The van der Waals surface area contributed by atoms with Gasteiger partial charge in [0.15, 0.2) is 0 Å². The average Bonchev–Trinajstić information content (AvgIpc) is 3.83. The second kappa shape index (κ2) is 8.88. The van der Waals surface area contributed by atoms with Crippen molar-refractivity contribution in [2.45, 2.75) is 63.5 Å². The zero-order valence-electron chi connectivity index (χ0n) is 23.1. The number of hydrogen-bond acceptors (Lipinski definition) is 4. The van der Waals surface area contributed by atoms with Gasteiger partial charge in [-0.05, 0) is 74.1 Å². The maximum absolute atomic E-state index is 13.4. The number of carbonyl (C=O) groups is 2. The fraction of sp³-hybridized carbons (Fsp3) is 0.455. The van der Waals surface area contributed by atoms with Crippen molar-refractivity contribution < 1.29 is 9.59 Å². The smallest absolute Gasteiger partial charge is 0.256 e. The Morgan fingerprint density at radius 2 is 1.65 bits per heavy atom. The van der Waals surface area contributed by atoms with Crippen molar-refractivity contribution in [2.24, 2.45) is 16.8 Å². The van der Waals surface area contributed by atoms with Gasteiger partial charge in [-0.1, -0.05) is 42.5 Å². The van der Waals surface area contributed by atoms with Crippen LogP contribution in [-0.4, -0.2) is 62.4 Å². The summed E-state index contributed by atoms with van der Waals surface area (Å²) in [7, 11) is 0. The first-order valence-corrected chi connectivity index (χ1v) is 14.9. The number of rotatable bonds is 7. The summed E-state index contributed by atoms with van der Waals surface area (Å²) in [6.07, 6.45) is 11.7. The minimum absolute atomic E-state index is 0.147. The summed E-state index contributed by atoms with van der Waals surface area (Å²) in [6.45, 7) is 4.28. The molecule has 3 aromatic rings. The van der Waals surface area contributed by atoms with Gasteiger partial charge in [-0.2, -0.15) is 5.10 Å². The molecule has 3 saturated carbocycles. The van der Waals surface area contributed by atoms with Crippen molar-refractivity contribution in [3.63, 3.8) is 0 Å². The molecule has 0 atom stereocenters. The van der Waals surface area contributed by atoms with Gasteiger partial charge in [-0.15, -0.1) is 0 Å². The van der Waals surface area contributed by atoms with Crippen molar-refractivity contribution in [3.05, 3.63) is 66.0 Å². The molecule has 1 saturated heterocycles. The lowest BCUT2D eigenvalue weighted by Crippen LogP contribution is -2.55. The van der Waals surface area contributed by atoms with E-state index < -0.39 is 5.54 Å². The molecule has 0 bridgehead atoms. The van der Waals surface area contributed by atoms with Crippen molar-refractivity contribution >= 4 is 17.6 Å². The van der Waals surface area contributed by atoms with E-state index in [0.29, 0.717) is 24.4 Å². The van der Waals surface area contributed by atoms with Gasteiger partial charge in [0, 0.05) is 48.8 Å². The van der Waals surface area contributed by atoms with Crippen LogP contribution in [0.3, 0.4) is 0 Å². The van der Waals surface area contributed by atoms with Gasteiger partial charge in [-0.3, -0.25) is 24.2 Å². The summed E-state index contributed by atoms with van der Waals surface area (Å²) < 4.78 is 2.12. The first kappa shape index (κ1) is 24.1. The van der Waals surface area contributed by atoms with Crippen LogP contribution in [0.25, 0.3) is 22.3 Å². The molecular formula is C33H35N5O2. The number of likely N-dealkylation sites (tertiary alicyclic amines) is 1. The van der Waals surface area contributed by atoms with Gasteiger partial charge in [0.05, 0.1) is 12.2 Å². The van der Waals surface area contributed by atoms with Gasteiger partial charge in [-0.25, -0.2) is 0 Å². The summed E-state index contributed by atoms with van der Waals surface area (Å²) in [4.78, 5) is 34.7. The second-order valence-electron chi connectivity index (χ2n) is 12.7. The number of nitrogens with zero attached hydrogens (tertiary/aromatic N) is 5. The van der Waals surface area contributed by atoms with Crippen LogP contribution in [0.4, 0.5) is 0 Å². The predicted molar refractivity (Wildman–Crippen MR) is 154 cm³/mol. The van der Waals surface area contributed by atoms with Crippen LogP contribution in [0.2, 0.25) is 0 Å². The Morgan fingerprint density at radius 3 is 2.27 bits per heavy atom. The SMILES string of the molecule is Cc1cc(-c2ccc(-c3cnn(C4CCC4)c3)cc2)ccc1C1=NC2(CC2)C(=O)N1CC1CN(C(=O)C2CC2)C1. The summed E-state index contributed by atoms with van der Waals surface area (Å²) in [5, 5.41) is 4.59. The van der Waals surface area contributed by atoms with Gasteiger partial charge >= 0.3 is 0 Å². The van der Waals surface area contributed by atoms with Gasteiger partial charge in [0.1, 0.15) is 11.4 Å².